The van der Waals surface area contributed by atoms with E-state index in [-0.39, 0.29) is 18.7 Å². The second-order valence-corrected chi connectivity index (χ2v) is 11.8. The summed E-state index contributed by atoms with van der Waals surface area (Å²) in [7, 11) is -3.73. The molecule has 202 valence electrons. The van der Waals surface area contributed by atoms with Gasteiger partial charge < -0.3 is 19.6 Å². The molecule has 0 bridgehead atoms. The number of nitrogen functional groups attached to an aromatic ring is 1. The summed E-state index contributed by atoms with van der Waals surface area (Å²) >= 11 is 6.02. The Hall–Kier alpha value is -2.68. The van der Waals surface area contributed by atoms with E-state index >= 15 is 0 Å². The van der Waals surface area contributed by atoms with Gasteiger partial charge in [0.2, 0.25) is 0 Å². The minimum Gasteiger partial charge on any atom is -0.413 e. The molecule has 0 aliphatic heterocycles. The van der Waals surface area contributed by atoms with E-state index < -0.39 is 7.75 Å². The van der Waals surface area contributed by atoms with Crippen molar-refractivity contribution in [2.75, 3.05) is 18.9 Å². The Bertz CT molecular complexity index is 1470. The summed E-state index contributed by atoms with van der Waals surface area (Å²) < 4.78 is 33.8. The van der Waals surface area contributed by atoms with E-state index in [9.17, 15) is 4.57 Å². The smallest absolute Gasteiger partial charge is 0.413 e. The van der Waals surface area contributed by atoms with Crippen LogP contribution in [0.3, 0.4) is 0 Å². The summed E-state index contributed by atoms with van der Waals surface area (Å²) in [6, 6.07) is 14.2. The maximum absolute atomic E-state index is 14.0. The highest BCUT2D eigenvalue weighted by Gasteiger charge is 2.36. The van der Waals surface area contributed by atoms with Crippen molar-refractivity contribution >= 4 is 47.1 Å². The first kappa shape index (κ1) is 26.9. The first-order valence-electron chi connectivity index (χ1n) is 12.9. The number of nitrogens with zero attached hydrogens (tertiary/aromatic N) is 3. The molecule has 1 aliphatic carbocycles. The van der Waals surface area contributed by atoms with Gasteiger partial charge in [-0.3, -0.25) is 4.52 Å². The molecule has 0 spiro atoms. The van der Waals surface area contributed by atoms with E-state index in [2.05, 4.69) is 10.1 Å². The molecule has 0 saturated heterocycles. The highest BCUT2D eigenvalue weighted by molar-refractivity contribution is 7.52. The molecule has 0 radical (unpaired) electrons. The van der Waals surface area contributed by atoms with Crippen LogP contribution in [-0.2, 0) is 20.4 Å². The zero-order valence-corrected chi connectivity index (χ0v) is 23.4. The van der Waals surface area contributed by atoms with Crippen LogP contribution in [0, 0.1) is 5.92 Å². The van der Waals surface area contributed by atoms with Gasteiger partial charge in [-0.15, -0.1) is 0 Å². The molecular weight excluding hydrogens is 525 g/mol. The molecule has 2 aromatic carbocycles. The van der Waals surface area contributed by atoms with Gasteiger partial charge in [-0.1, -0.05) is 29.8 Å². The van der Waals surface area contributed by atoms with Crippen LogP contribution < -0.4 is 15.3 Å². The Morgan fingerprint density at radius 2 is 1.89 bits per heavy atom. The molecule has 0 amide bonds. The minimum atomic E-state index is -3.73. The van der Waals surface area contributed by atoms with Crippen LogP contribution in [0.5, 0.6) is 5.75 Å². The van der Waals surface area contributed by atoms with Gasteiger partial charge in [-0.2, -0.15) is 0 Å². The Morgan fingerprint density at radius 3 is 2.61 bits per heavy atom. The Labute approximate surface area is 227 Å². The van der Waals surface area contributed by atoms with E-state index in [0.29, 0.717) is 47.1 Å². The van der Waals surface area contributed by atoms with Gasteiger partial charge in [0, 0.05) is 23.1 Å². The van der Waals surface area contributed by atoms with Crippen molar-refractivity contribution in [3.63, 3.8) is 0 Å². The van der Waals surface area contributed by atoms with Gasteiger partial charge in [0.15, 0.2) is 5.82 Å². The average Bonchev–Trinajstić information content (AvgIpc) is 3.68. The molecule has 2 heterocycles. The summed E-state index contributed by atoms with van der Waals surface area (Å²) in [6.07, 6.45) is 2.19. The van der Waals surface area contributed by atoms with Gasteiger partial charge >= 0.3 is 7.75 Å². The fourth-order valence-corrected chi connectivity index (χ4v) is 6.42. The third-order valence-corrected chi connectivity index (χ3v) is 8.63. The van der Waals surface area contributed by atoms with Crippen molar-refractivity contribution in [3.8, 4) is 5.75 Å². The Morgan fingerprint density at radius 1 is 1.16 bits per heavy atom. The van der Waals surface area contributed by atoms with Crippen LogP contribution >= 0.6 is 19.3 Å². The lowest BCUT2D eigenvalue weighted by molar-refractivity contribution is 0.123. The predicted molar refractivity (Wildman–Crippen MR) is 150 cm³/mol. The first-order chi connectivity index (χ1) is 18.3. The van der Waals surface area contributed by atoms with Gasteiger partial charge in [-0.25, -0.2) is 19.6 Å². The number of fused-ring (bicyclic) bond motifs is 3. The number of benzene rings is 2. The number of rotatable bonds is 12. The molecule has 0 unspecified atom stereocenters. The Balaban J connectivity index is 1.48. The fraction of sp³-hybridized carbons (Fsp3) is 0.407. The normalized spacial score (nSPS) is 16.9. The number of hydrogen-bond acceptors (Lipinski definition) is 7. The number of aromatic nitrogens is 3. The van der Waals surface area contributed by atoms with Crippen LogP contribution in [0.4, 0.5) is 5.82 Å². The average molecular weight is 558 g/mol. The van der Waals surface area contributed by atoms with E-state index in [1.807, 2.05) is 49.6 Å². The number of ether oxygens (including phenoxy) is 1. The molecule has 1 saturated carbocycles. The molecule has 3 atom stereocenters. The lowest BCUT2D eigenvalue weighted by Gasteiger charge is -2.26. The molecule has 1 aliphatic rings. The van der Waals surface area contributed by atoms with Gasteiger partial charge in [-0.05, 0) is 69.9 Å². The standard InChI is InChI=1S/C27H33ClN5O4P/c1-4-35-16-24-31-25-26(22-7-5-6-8-23(22)30-27(25)29)33(24)17(2)15-36-38(34,32-18(3)19-9-10-19)37-21-13-11-20(28)12-14-21/h5-8,11-14,17-19H,4,9-10,15-16H2,1-3H3,(H2,29,30)(H,32,34)/t17-,18+,38+/m1/s1. The number of imidazole rings is 1. The zero-order chi connectivity index (χ0) is 26.9. The molecule has 3 N–H and O–H groups in total. The topological polar surface area (TPSA) is 114 Å². The lowest BCUT2D eigenvalue weighted by Crippen LogP contribution is -2.29. The summed E-state index contributed by atoms with van der Waals surface area (Å²) in [4.78, 5) is 9.32. The fourth-order valence-electron chi connectivity index (χ4n) is 4.59. The monoisotopic (exact) mass is 557 g/mol. The number of pyridine rings is 1. The van der Waals surface area contributed by atoms with Crippen molar-refractivity contribution in [2.24, 2.45) is 5.92 Å². The second kappa shape index (κ2) is 11.2. The van der Waals surface area contributed by atoms with Crippen molar-refractivity contribution in [1.82, 2.24) is 19.6 Å². The van der Waals surface area contributed by atoms with Crippen molar-refractivity contribution in [3.05, 3.63) is 59.4 Å². The molecular formula is C27H33ClN5O4P. The van der Waals surface area contributed by atoms with Crippen LogP contribution in [0.1, 0.15) is 45.5 Å². The molecule has 4 aromatic rings. The van der Waals surface area contributed by atoms with Crippen LogP contribution in [0.2, 0.25) is 5.02 Å². The molecule has 38 heavy (non-hydrogen) atoms. The van der Waals surface area contributed by atoms with Crippen molar-refractivity contribution < 1.29 is 18.3 Å². The van der Waals surface area contributed by atoms with Crippen molar-refractivity contribution in [1.29, 1.82) is 0 Å². The SMILES string of the molecule is CCOCc1nc2c(N)nc3ccccc3c2n1[C@H](C)CO[P@@](=O)(N[C@@H](C)C1CC1)Oc1ccc(Cl)cc1. The Kier molecular flexibility index (Phi) is 7.93. The van der Waals surface area contributed by atoms with Crippen LogP contribution in [0.25, 0.3) is 21.9 Å². The number of halogens is 1. The maximum atomic E-state index is 14.0. The quantitative estimate of drug-likeness (QED) is 0.189. The molecule has 1 fully saturated rings. The molecule has 9 nitrogen and oxygen atoms in total. The van der Waals surface area contributed by atoms with E-state index in [1.54, 1.807) is 24.3 Å². The largest absolute Gasteiger partial charge is 0.459 e. The highest BCUT2D eigenvalue weighted by Crippen LogP contribution is 2.48. The maximum Gasteiger partial charge on any atom is 0.459 e. The molecule has 5 rings (SSSR count). The van der Waals surface area contributed by atoms with Gasteiger partial charge in [0.1, 0.15) is 23.7 Å². The highest BCUT2D eigenvalue weighted by atomic mass is 35.5. The second-order valence-electron chi connectivity index (χ2n) is 9.69. The third-order valence-electron chi connectivity index (χ3n) is 6.72. The van der Waals surface area contributed by atoms with Crippen molar-refractivity contribution in [2.45, 2.75) is 52.3 Å². The summed E-state index contributed by atoms with van der Waals surface area (Å²) in [5, 5.41) is 4.62. The molecule has 11 heteroatoms. The summed E-state index contributed by atoms with van der Waals surface area (Å²) in [5.74, 6) is 1.90. The summed E-state index contributed by atoms with van der Waals surface area (Å²) in [5.41, 5.74) is 8.53. The number of para-hydroxylation sites is 1. The van der Waals surface area contributed by atoms with Crippen LogP contribution in [0.15, 0.2) is 48.5 Å². The number of anilines is 1. The zero-order valence-electron chi connectivity index (χ0n) is 21.8. The minimum absolute atomic E-state index is 0.0131. The first-order valence-corrected chi connectivity index (χ1v) is 14.8. The summed E-state index contributed by atoms with van der Waals surface area (Å²) in [6.45, 7) is 6.85. The van der Waals surface area contributed by atoms with Gasteiger partial charge in [0.05, 0.1) is 23.7 Å². The van der Waals surface area contributed by atoms with E-state index in [1.165, 1.54) is 0 Å². The molecule has 2 aromatic heterocycles. The van der Waals surface area contributed by atoms with E-state index in [0.717, 1.165) is 29.3 Å². The number of hydrogen-bond donors (Lipinski definition) is 2. The lowest BCUT2D eigenvalue weighted by atomic mass is 10.1. The predicted octanol–water partition coefficient (Wildman–Crippen LogP) is 6.51. The number of nitrogens with two attached hydrogens (primary N) is 1. The van der Waals surface area contributed by atoms with E-state index in [4.69, 9.17) is 36.1 Å². The third kappa shape index (κ3) is 5.82. The number of nitrogens with one attached hydrogen (secondary N) is 1. The van der Waals surface area contributed by atoms with Crippen LogP contribution in [-0.4, -0.2) is 33.8 Å². The van der Waals surface area contributed by atoms with Gasteiger partial charge in [0.25, 0.3) is 0 Å².